The molecule has 0 saturated heterocycles. The molecule has 4 nitrogen and oxygen atoms in total. The molecule has 0 aliphatic carbocycles. The van der Waals surface area contributed by atoms with Crippen molar-refractivity contribution in [1.29, 1.82) is 0 Å². The Morgan fingerprint density at radius 1 is 1.44 bits per heavy atom. The van der Waals surface area contributed by atoms with E-state index in [0.29, 0.717) is 24.1 Å². The summed E-state index contributed by atoms with van der Waals surface area (Å²) in [5, 5.41) is 0. The molecule has 0 aliphatic heterocycles. The number of ether oxygens (including phenoxy) is 1. The molecule has 7 heteroatoms. The summed E-state index contributed by atoms with van der Waals surface area (Å²) in [7, 11) is -3.80. The maximum Gasteiger partial charge on any atom is 0.243 e. The molecule has 0 atom stereocenters. The van der Waals surface area contributed by atoms with E-state index in [2.05, 4.69) is 20.7 Å². The van der Waals surface area contributed by atoms with Crippen LogP contribution in [0.2, 0.25) is 0 Å². The second-order valence-corrected chi connectivity index (χ2v) is 6.17. The first-order valence-corrected chi connectivity index (χ1v) is 7.77. The maximum absolute atomic E-state index is 13.5. The van der Waals surface area contributed by atoms with Gasteiger partial charge in [-0.3, -0.25) is 0 Å². The quantitative estimate of drug-likeness (QED) is 0.775. The van der Waals surface area contributed by atoms with Gasteiger partial charge in [-0.1, -0.05) is 15.9 Å². The Morgan fingerprint density at radius 3 is 2.78 bits per heavy atom. The maximum atomic E-state index is 13.5. The largest absolute Gasteiger partial charge is 0.382 e. The average molecular weight is 340 g/mol. The number of rotatable bonds is 7. The molecule has 0 aromatic heterocycles. The van der Waals surface area contributed by atoms with Crippen LogP contribution >= 0.6 is 15.9 Å². The van der Waals surface area contributed by atoms with Crippen LogP contribution in [0.4, 0.5) is 4.39 Å². The smallest absolute Gasteiger partial charge is 0.243 e. The Balaban J connectivity index is 2.63. The molecule has 0 bridgehead atoms. The highest BCUT2D eigenvalue weighted by Crippen LogP contribution is 2.19. The second-order valence-electron chi connectivity index (χ2n) is 3.52. The predicted molar refractivity (Wildman–Crippen MR) is 70.4 cm³/mol. The molecule has 1 rings (SSSR count). The topological polar surface area (TPSA) is 55.4 Å². The predicted octanol–water partition coefficient (Wildman–Crippen LogP) is 2.29. The first kappa shape index (κ1) is 15.6. The lowest BCUT2D eigenvalue weighted by atomic mass is 10.3. The van der Waals surface area contributed by atoms with Crippen LogP contribution in [-0.2, 0) is 14.8 Å². The van der Waals surface area contributed by atoms with Crippen LogP contribution in [0, 0.1) is 5.82 Å². The van der Waals surface area contributed by atoms with Crippen molar-refractivity contribution in [2.75, 3.05) is 19.8 Å². The average Bonchev–Trinajstić information content (AvgIpc) is 2.28. The molecule has 102 valence electrons. The minimum atomic E-state index is -3.80. The summed E-state index contributed by atoms with van der Waals surface area (Å²) in [6.07, 6.45) is 0.547. The fourth-order valence-corrected chi connectivity index (χ4v) is 2.76. The lowest BCUT2D eigenvalue weighted by molar-refractivity contribution is 0.146. The summed E-state index contributed by atoms with van der Waals surface area (Å²) in [4.78, 5) is -0.345. The molecule has 0 fully saturated rings. The zero-order valence-corrected chi connectivity index (χ0v) is 12.4. The van der Waals surface area contributed by atoms with E-state index < -0.39 is 15.8 Å². The number of benzene rings is 1. The van der Waals surface area contributed by atoms with E-state index in [0.717, 1.165) is 6.07 Å². The number of sulfonamides is 1. The number of hydrogen-bond donors (Lipinski definition) is 1. The Labute approximate surface area is 115 Å². The third kappa shape index (κ3) is 4.64. The van der Waals surface area contributed by atoms with Gasteiger partial charge in [0, 0.05) is 24.2 Å². The van der Waals surface area contributed by atoms with Crippen LogP contribution in [0.5, 0.6) is 0 Å². The number of nitrogens with one attached hydrogen (secondary N) is 1. The van der Waals surface area contributed by atoms with Gasteiger partial charge < -0.3 is 4.74 Å². The third-order valence-corrected chi connectivity index (χ3v) is 4.13. The normalized spacial score (nSPS) is 11.7. The summed E-state index contributed by atoms with van der Waals surface area (Å²) in [6.45, 7) is 3.15. The van der Waals surface area contributed by atoms with Gasteiger partial charge in [0.25, 0.3) is 0 Å². The molecular formula is C11H15BrFNO3S. The molecule has 0 spiro atoms. The molecule has 1 N–H and O–H groups in total. The zero-order chi connectivity index (χ0) is 13.6. The minimum Gasteiger partial charge on any atom is -0.382 e. The van der Waals surface area contributed by atoms with Crippen molar-refractivity contribution in [2.45, 2.75) is 18.2 Å². The monoisotopic (exact) mass is 339 g/mol. The number of halogens is 2. The van der Waals surface area contributed by atoms with Crippen molar-refractivity contribution in [3.8, 4) is 0 Å². The molecule has 0 saturated carbocycles. The van der Waals surface area contributed by atoms with Crippen LogP contribution in [0.15, 0.2) is 27.6 Å². The fraction of sp³-hybridized carbons (Fsp3) is 0.455. The van der Waals surface area contributed by atoms with Crippen LogP contribution < -0.4 is 4.72 Å². The number of hydrogen-bond acceptors (Lipinski definition) is 3. The van der Waals surface area contributed by atoms with E-state index >= 15 is 0 Å². The van der Waals surface area contributed by atoms with Gasteiger partial charge in [-0.05, 0) is 31.5 Å². The van der Waals surface area contributed by atoms with Crippen molar-refractivity contribution >= 4 is 26.0 Å². The van der Waals surface area contributed by atoms with Crippen molar-refractivity contribution < 1.29 is 17.5 Å². The Kier molecular flexibility index (Phi) is 6.20. The van der Waals surface area contributed by atoms with Gasteiger partial charge in [0.15, 0.2) is 0 Å². The van der Waals surface area contributed by atoms with Crippen LogP contribution in [-0.4, -0.2) is 28.2 Å². The van der Waals surface area contributed by atoms with Crippen molar-refractivity contribution in [1.82, 2.24) is 4.72 Å². The van der Waals surface area contributed by atoms with E-state index in [-0.39, 0.29) is 11.4 Å². The van der Waals surface area contributed by atoms with E-state index in [4.69, 9.17) is 4.74 Å². The van der Waals surface area contributed by atoms with Gasteiger partial charge >= 0.3 is 0 Å². The molecule has 1 aromatic carbocycles. The first-order valence-electron chi connectivity index (χ1n) is 5.50. The summed E-state index contributed by atoms with van der Waals surface area (Å²) in [6, 6.07) is 3.83. The lowest BCUT2D eigenvalue weighted by Crippen LogP contribution is -2.26. The fourth-order valence-electron chi connectivity index (χ4n) is 1.30. The standard InChI is InChI=1S/C11H15BrFNO3S/c1-2-17-7-3-6-14-18(15,16)11-5-4-9(12)8-10(11)13/h4-5,8,14H,2-3,6-7H2,1H3. The summed E-state index contributed by atoms with van der Waals surface area (Å²) >= 11 is 3.07. The zero-order valence-electron chi connectivity index (χ0n) is 9.95. The third-order valence-electron chi connectivity index (χ3n) is 2.15. The highest BCUT2D eigenvalue weighted by molar-refractivity contribution is 9.10. The van der Waals surface area contributed by atoms with Gasteiger partial charge in [0.1, 0.15) is 10.7 Å². The Hall–Kier alpha value is -0.500. The van der Waals surface area contributed by atoms with Gasteiger partial charge in [-0.15, -0.1) is 0 Å². The minimum absolute atomic E-state index is 0.220. The second kappa shape index (κ2) is 7.18. The van der Waals surface area contributed by atoms with E-state index in [1.54, 1.807) is 0 Å². The lowest BCUT2D eigenvalue weighted by Gasteiger charge is -2.07. The van der Waals surface area contributed by atoms with E-state index in [1.165, 1.54) is 12.1 Å². The molecule has 18 heavy (non-hydrogen) atoms. The molecule has 0 heterocycles. The van der Waals surface area contributed by atoms with Crippen LogP contribution in [0.25, 0.3) is 0 Å². The molecule has 1 aromatic rings. The van der Waals surface area contributed by atoms with E-state index in [1.807, 2.05) is 6.92 Å². The van der Waals surface area contributed by atoms with Gasteiger partial charge in [-0.2, -0.15) is 0 Å². The SMILES string of the molecule is CCOCCCNS(=O)(=O)c1ccc(Br)cc1F. The van der Waals surface area contributed by atoms with Crippen molar-refractivity contribution in [3.63, 3.8) is 0 Å². The molecule has 0 unspecified atom stereocenters. The Bertz CT molecular complexity index is 493. The van der Waals surface area contributed by atoms with Crippen molar-refractivity contribution in [2.24, 2.45) is 0 Å². The first-order chi connectivity index (χ1) is 8.47. The Morgan fingerprint density at radius 2 is 2.17 bits per heavy atom. The highest BCUT2D eigenvalue weighted by atomic mass is 79.9. The van der Waals surface area contributed by atoms with Gasteiger partial charge in [0.05, 0.1) is 0 Å². The molecular weight excluding hydrogens is 325 g/mol. The van der Waals surface area contributed by atoms with Crippen LogP contribution in [0.3, 0.4) is 0 Å². The summed E-state index contributed by atoms with van der Waals surface area (Å²) < 4.78 is 45.0. The highest BCUT2D eigenvalue weighted by Gasteiger charge is 2.18. The summed E-state index contributed by atoms with van der Waals surface area (Å²) in [5.74, 6) is -0.776. The van der Waals surface area contributed by atoms with Crippen molar-refractivity contribution in [3.05, 3.63) is 28.5 Å². The summed E-state index contributed by atoms with van der Waals surface area (Å²) in [5.41, 5.74) is 0. The van der Waals surface area contributed by atoms with Gasteiger partial charge in [0.2, 0.25) is 10.0 Å². The molecule has 0 radical (unpaired) electrons. The molecule has 0 aliphatic rings. The van der Waals surface area contributed by atoms with Crippen LogP contribution in [0.1, 0.15) is 13.3 Å². The van der Waals surface area contributed by atoms with E-state index in [9.17, 15) is 12.8 Å². The molecule has 0 amide bonds. The van der Waals surface area contributed by atoms with Gasteiger partial charge in [-0.25, -0.2) is 17.5 Å².